The highest BCUT2D eigenvalue weighted by Gasteiger charge is 2.35. The number of hydrogen-bond acceptors (Lipinski definition) is 6. The Balaban J connectivity index is 1.80. The van der Waals surface area contributed by atoms with Crippen molar-refractivity contribution >= 4 is 25.7 Å². The molecule has 1 amide bonds. The number of carbonyl (C=O) groups excluding carboxylic acids is 1. The SMILES string of the molecule is CCOC(C)(C)C(=O)N1CCCS(=O)(=NS(=O)(=O)c2ccnn2C2CCC2)CC1. The summed E-state index contributed by atoms with van der Waals surface area (Å²) in [6, 6.07) is 1.47. The van der Waals surface area contributed by atoms with E-state index in [1.807, 2.05) is 6.92 Å². The van der Waals surface area contributed by atoms with Crippen LogP contribution in [0.2, 0.25) is 0 Å². The van der Waals surface area contributed by atoms with Gasteiger partial charge in [0, 0.05) is 25.4 Å². The zero-order valence-corrected chi connectivity index (χ0v) is 18.9. The van der Waals surface area contributed by atoms with E-state index < -0.39 is 25.4 Å². The summed E-state index contributed by atoms with van der Waals surface area (Å²) in [6.07, 6.45) is 4.67. The molecule has 0 aromatic carbocycles. The molecule has 1 unspecified atom stereocenters. The summed E-state index contributed by atoms with van der Waals surface area (Å²) in [6.45, 7) is 6.24. The third-order valence-electron chi connectivity index (χ3n) is 5.43. The van der Waals surface area contributed by atoms with Crippen LogP contribution in [0.25, 0.3) is 0 Å². The van der Waals surface area contributed by atoms with Gasteiger partial charge in [-0.15, -0.1) is 3.77 Å². The van der Waals surface area contributed by atoms with E-state index in [9.17, 15) is 17.4 Å². The molecule has 9 nitrogen and oxygen atoms in total. The van der Waals surface area contributed by atoms with Crippen LogP contribution in [0.5, 0.6) is 0 Å². The second kappa shape index (κ2) is 8.35. The molecule has 1 aliphatic heterocycles. The predicted molar refractivity (Wildman–Crippen MR) is 110 cm³/mol. The van der Waals surface area contributed by atoms with E-state index >= 15 is 0 Å². The molecular weight excluding hydrogens is 416 g/mol. The lowest BCUT2D eigenvalue weighted by molar-refractivity contribution is -0.153. The van der Waals surface area contributed by atoms with E-state index in [1.165, 1.54) is 16.9 Å². The molecule has 3 rings (SSSR count). The minimum atomic E-state index is -4.10. The smallest absolute Gasteiger partial charge is 0.307 e. The quantitative estimate of drug-likeness (QED) is 0.659. The van der Waals surface area contributed by atoms with E-state index in [2.05, 4.69) is 8.87 Å². The Morgan fingerprint density at radius 3 is 2.66 bits per heavy atom. The normalized spacial score (nSPS) is 24.0. The Labute approximate surface area is 173 Å². The van der Waals surface area contributed by atoms with Crippen molar-refractivity contribution in [2.75, 3.05) is 31.2 Å². The van der Waals surface area contributed by atoms with Crippen molar-refractivity contribution in [2.24, 2.45) is 3.77 Å². The van der Waals surface area contributed by atoms with Gasteiger partial charge >= 0.3 is 10.0 Å². The van der Waals surface area contributed by atoms with Gasteiger partial charge in [0.2, 0.25) is 0 Å². The maximum atomic E-state index is 13.3. The minimum absolute atomic E-state index is 0.000386. The summed E-state index contributed by atoms with van der Waals surface area (Å²) in [5, 5.41) is 4.14. The first-order valence-corrected chi connectivity index (χ1v) is 13.3. The van der Waals surface area contributed by atoms with Crippen LogP contribution in [0.3, 0.4) is 0 Å². The second-order valence-corrected chi connectivity index (χ2v) is 12.3. The van der Waals surface area contributed by atoms with Gasteiger partial charge in [0.25, 0.3) is 5.91 Å². The fraction of sp³-hybridized carbons (Fsp3) is 0.778. The third-order valence-corrected chi connectivity index (χ3v) is 9.90. The van der Waals surface area contributed by atoms with Crippen LogP contribution in [0.1, 0.15) is 52.5 Å². The number of hydrogen-bond donors (Lipinski definition) is 0. The maximum absolute atomic E-state index is 13.3. The van der Waals surface area contributed by atoms with E-state index in [-0.39, 0.29) is 35.0 Å². The Hall–Kier alpha value is -1.46. The summed E-state index contributed by atoms with van der Waals surface area (Å²) < 4.78 is 50.0. The molecule has 29 heavy (non-hydrogen) atoms. The summed E-state index contributed by atoms with van der Waals surface area (Å²) in [7, 11) is -7.10. The van der Waals surface area contributed by atoms with Crippen molar-refractivity contribution in [3.8, 4) is 0 Å². The zero-order valence-electron chi connectivity index (χ0n) is 17.2. The Morgan fingerprint density at radius 2 is 2.03 bits per heavy atom. The average molecular weight is 447 g/mol. The maximum Gasteiger partial charge on any atom is 0.307 e. The van der Waals surface area contributed by atoms with Gasteiger partial charge in [-0.05, 0) is 52.5 Å². The van der Waals surface area contributed by atoms with Gasteiger partial charge < -0.3 is 9.64 Å². The molecule has 2 aliphatic rings. The Morgan fingerprint density at radius 1 is 1.31 bits per heavy atom. The molecule has 0 spiro atoms. The molecule has 1 aliphatic carbocycles. The van der Waals surface area contributed by atoms with Crippen molar-refractivity contribution in [2.45, 2.75) is 63.1 Å². The lowest BCUT2D eigenvalue weighted by Crippen LogP contribution is -2.48. The summed E-state index contributed by atoms with van der Waals surface area (Å²) in [5.74, 6) is -0.0191. The topological polar surface area (TPSA) is 111 Å². The molecule has 11 heteroatoms. The van der Waals surface area contributed by atoms with Crippen molar-refractivity contribution in [3.05, 3.63) is 12.3 Å². The van der Waals surface area contributed by atoms with Crippen LogP contribution in [0, 0.1) is 0 Å². The first kappa shape index (κ1) is 22.2. The van der Waals surface area contributed by atoms with Crippen molar-refractivity contribution in [3.63, 3.8) is 0 Å². The largest absolute Gasteiger partial charge is 0.366 e. The number of nitrogens with zero attached hydrogens (tertiary/aromatic N) is 4. The predicted octanol–water partition coefficient (Wildman–Crippen LogP) is 1.81. The summed E-state index contributed by atoms with van der Waals surface area (Å²) in [4.78, 5) is 14.4. The molecule has 164 valence electrons. The van der Waals surface area contributed by atoms with Gasteiger partial charge in [-0.2, -0.15) is 13.5 Å². The third kappa shape index (κ3) is 4.83. The van der Waals surface area contributed by atoms with Crippen LogP contribution < -0.4 is 0 Å². The van der Waals surface area contributed by atoms with E-state index in [0.29, 0.717) is 19.6 Å². The Bertz CT molecular complexity index is 972. The molecular formula is C18H30N4O5S2. The molecule has 2 heterocycles. The lowest BCUT2D eigenvalue weighted by Gasteiger charge is -2.30. The van der Waals surface area contributed by atoms with Crippen LogP contribution >= 0.6 is 0 Å². The number of rotatable bonds is 6. The molecule has 0 N–H and O–H groups in total. The number of aromatic nitrogens is 2. The Kier molecular flexibility index (Phi) is 6.40. The first-order valence-electron chi connectivity index (χ1n) is 10.0. The highest BCUT2D eigenvalue weighted by Crippen LogP contribution is 2.33. The summed E-state index contributed by atoms with van der Waals surface area (Å²) in [5.41, 5.74) is -0.974. The van der Waals surface area contributed by atoms with Gasteiger partial charge in [0.1, 0.15) is 5.60 Å². The monoisotopic (exact) mass is 446 g/mol. The number of carbonyl (C=O) groups is 1. The molecule has 0 bridgehead atoms. The minimum Gasteiger partial charge on any atom is -0.366 e. The molecule has 2 fully saturated rings. The van der Waals surface area contributed by atoms with Gasteiger partial charge in [-0.1, -0.05) is 0 Å². The van der Waals surface area contributed by atoms with Crippen molar-refractivity contribution < 1.29 is 22.2 Å². The van der Waals surface area contributed by atoms with Crippen molar-refractivity contribution in [1.82, 2.24) is 14.7 Å². The fourth-order valence-corrected chi connectivity index (χ4v) is 7.95. The van der Waals surface area contributed by atoms with Gasteiger partial charge in [0.05, 0.1) is 27.7 Å². The molecule has 1 atom stereocenters. The molecule has 1 aromatic rings. The van der Waals surface area contributed by atoms with Crippen LogP contribution in [0.15, 0.2) is 21.1 Å². The fourth-order valence-electron chi connectivity index (χ4n) is 3.66. The highest BCUT2D eigenvalue weighted by atomic mass is 32.3. The van der Waals surface area contributed by atoms with Gasteiger partial charge in [-0.3, -0.25) is 4.79 Å². The highest BCUT2D eigenvalue weighted by molar-refractivity contribution is 8.03. The van der Waals surface area contributed by atoms with Gasteiger partial charge in [0.15, 0.2) is 5.03 Å². The molecule has 0 radical (unpaired) electrons. The van der Waals surface area contributed by atoms with Crippen LogP contribution in [-0.2, 0) is 29.3 Å². The number of sulfonamides is 1. The van der Waals surface area contributed by atoms with E-state index in [4.69, 9.17) is 4.74 Å². The number of amides is 1. The zero-order chi connectivity index (χ0) is 21.3. The van der Waals surface area contributed by atoms with Gasteiger partial charge in [-0.25, -0.2) is 8.89 Å². The van der Waals surface area contributed by atoms with Crippen LogP contribution in [0.4, 0.5) is 0 Å². The van der Waals surface area contributed by atoms with Crippen LogP contribution in [-0.4, -0.2) is 70.0 Å². The van der Waals surface area contributed by atoms with Crippen molar-refractivity contribution in [1.29, 1.82) is 0 Å². The summed E-state index contributed by atoms with van der Waals surface area (Å²) >= 11 is 0. The van der Waals surface area contributed by atoms with E-state index in [0.717, 1.165) is 19.3 Å². The molecule has 1 saturated heterocycles. The molecule has 1 aromatic heterocycles. The lowest BCUT2D eigenvalue weighted by atomic mass is 9.93. The molecule has 1 saturated carbocycles. The standard InChI is InChI=1S/C18H30N4O5S2/c1-4-27-18(2,3)17(23)21-11-6-13-28(24,14-12-21)20-29(25,26)16-9-10-19-22(16)15-7-5-8-15/h9-10,15H,4-8,11-14H2,1-3H3. The number of ether oxygens (including phenoxy) is 1. The van der Waals surface area contributed by atoms with E-state index in [1.54, 1.807) is 18.7 Å². The first-order chi connectivity index (χ1) is 13.6. The second-order valence-electron chi connectivity index (χ2n) is 8.02. The average Bonchev–Trinajstić information content (AvgIpc) is 2.97.